The number of nitrogens with zero attached hydrogens (tertiary/aromatic N) is 2. The van der Waals surface area contributed by atoms with E-state index in [2.05, 4.69) is 0 Å². The minimum Gasteiger partial charge on any atom is -0.497 e. The highest BCUT2D eigenvalue weighted by atomic mass is 32.2. The average Bonchev–Trinajstić information content (AvgIpc) is 2.83. The number of piperidine rings is 1. The van der Waals surface area contributed by atoms with Gasteiger partial charge in [-0.2, -0.15) is 4.31 Å². The van der Waals surface area contributed by atoms with Crippen molar-refractivity contribution in [3.8, 4) is 17.2 Å². The van der Waals surface area contributed by atoms with E-state index in [0.29, 0.717) is 37.4 Å². The van der Waals surface area contributed by atoms with Crippen molar-refractivity contribution in [1.82, 2.24) is 9.21 Å². The molecule has 0 spiro atoms. The molecule has 8 nitrogen and oxygen atoms in total. The first-order valence-electron chi connectivity index (χ1n) is 10.4. The zero-order chi connectivity index (χ0) is 23.3. The second kappa shape index (κ2) is 10.2. The predicted molar refractivity (Wildman–Crippen MR) is 120 cm³/mol. The molecule has 0 bridgehead atoms. The number of hydrogen-bond donors (Lipinski definition) is 0. The van der Waals surface area contributed by atoms with Crippen LogP contribution in [0.4, 0.5) is 0 Å². The number of methoxy groups -OCH3 is 3. The van der Waals surface area contributed by atoms with Gasteiger partial charge in [-0.15, -0.1) is 0 Å². The maximum absolute atomic E-state index is 13.2. The molecule has 2 aromatic carbocycles. The van der Waals surface area contributed by atoms with Gasteiger partial charge in [0.1, 0.15) is 5.75 Å². The van der Waals surface area contributed by atoms with Crippen LogP contribution in [0.2, 0.25) is 0 Å². The van der Waals surface area contributed by atoms with Crippen LogP contribution in [0, 0.1) is 5.92 Å². The molecule has 1 fully saturated rings. The summed E-state index contributed by atoms with van der Waals surface area (Å²) in [6.45, 7) is 0.979. The van der Waals surface area contributed by atoms with E-state index in [4.69, 9.17) is 14.2 Å². The van der Waals surface area contributed by atoms with E-state index in [1.54, 1.807) is 25.1 Å². The lowest BCUT2D eigenvalue weighted by molar-refractivity contribution is -0.135. The van der Waals surface area contributed by atoms with Crippen LogP contribution in [-0.4, -0.2) is 65.0 Å². The summed E-state index contributed by atoms with van der Waals surface area (Å²) in [5.41, 5.74) is 0.979. The maximum Gasteiger partial charge on any atom is 0.243 e. The van der Waals surface area contributed by atoms with Gasteiger partial charge in [0, 0.05) is 32.7 Å². The van der Waals surface area contributed by atoms with Crippen LogP contribution >= 0.6 is 0 Å². The minimum atomic E-state index is -3.77. The van der Waals surface area contributed by atoms with Crippen molar-refractivity contribution in [3.63, 3.8) is 0 Å². The van der Waals surface area contributed by atoms with E-state index in [9.17, 15) is 13.2 Å². The Morgan fingerprint density at radius 2 is 1.72 bits per heavy atom. The van der Waals surface area contributed by atoms with E-state index in [-0.39, 0.29) is 23.3 Å². The van der Waals surface area contributed by atoms with Crippen molar-refractivity contribution in [2.45, 2.75) is 24.3 Å². The van der Waals surface area contributed by atoms with Crippen LogP contribution in [0.25, 0.3) is 0 Å². The molecule has 174 valence electrons. The molecule has 0 aliphatic carbocycles. The van der Waals surface area contributed by atoms with Gasteiger partial charge < -0.3 is 19.1 Å². The Morgan fingerprint density at radius 1 is 1.03 bits per heavy atom. The van der Waals surface area contributed by atoms with Crippen molar-refractivity contribution in [1.29, 1.82) is 0 Å². The third kappa shape index (κ3) is 5.16. The summed E-state index contributed by atoms with van der Waals surface area (Å²) in [6, 6.07) is 12.1. The monoisotopic (exact) mass is 462 g/mol. The standard InChI is InChI=1S/C23H30N2O6S/c1-24(15-17-7-9-19(29-2)10-8-17)23(26)18-6-5-13-25(16-18)32(27,28)20-11-12-21(30-3)22(14-20)31-4/h7-12,14,18H,5-6,13,15-16H2,1-4H3/t18-/m0/s1. The largest absolute Gasteiger partial charge is 0.497 e. The van der Waals surface area contributed by atoms with Gasteiger partial charge in [-0.25, -0.2) is 8.42 Å². The van der Waals surface area contributed by atoms with Gasteiger partial charge in [0.25, 0.3) is 0 Å². The van der Waals surface area contributed by atoms with Gasteiger partial charge in [0.05, 0.1) is 32.1 Å². The Labute approximate surface area is 189 Å². The summed E-state index contributed by atoms with van der Waals surface area (Å²) in [7, 11) is 2.54. The fourth-order valence-corrected chi connectivity index (χ4v) is 5.42. The van der Waals surface area contributed by atoms with Gasteiger partial charge >= 0.3 is 0 Å². The molecule has 1 aliphatic heterocycles. The first kappa shape index (κ1) is 23.9. The highest BCUT2D eigenvalue weighted by Gasteiger charge is 2.34. The van der Waals surface area contributed by atoms with Crippen LogP contribution in [0.3, 0.4) is 0 Å². The highest BCUT2D eigenvalue weighted by molar-refractivity contribution is 7.89. The molecule has 2 aromatic rings. The van der Waals surface area contributed by atoms with Gasteiger partial charge in [-0.1, -0.05) is 12.1 Å². The number of carbonyl (C=O) groups excluding carboxylic acids is 1. The smallest absolute Gasteiger partial charge is 0.243 e. The zero-order valence-electron chi connectivity index (χ0n) is 18.9. The van der Waals surface area contributed by atoms with Crippen molar-refractivity contribution >= 4 is 15.9 Å². The van der Waals surface area contributed by atoms with Crippen LogP contribution < -0.4 is 14.2 Å². The quantitative estimate of drug-likeness (QED) is 0.600. The van der Waals surface area contributed by atoms with Crippen molar-refractivity contribution < 1.29 is 27.4 Å². The second-order valence-corrected chi connectivity index (χ2v) is 9.70. The first-order chi connectivity index (χ1) is 15.3. The summed E-state index contributed by atoms with van der Waals surface area (Å²) in [5.74, 6) is 1.11. The highest BCUT2D eigenvalue weighted by Crippen LogP contribution is 2.32. The second-order valence-electron chi connectivity index (χ2n) is 7.76. The Morgan fingerprint density at radius 3 is 2.34 bits per heavy atom. The van der Waals surface area contributed by atoms with Crippen molar-refractivity contribution in [3.05, 3.63) is 48.0 Å². The number of amides is 1. The molecule has 1 amide bonds. The molecule has 1 heterocycles. The molecular weight excluding hydrogens is 432 g/mol. The lowest BCUT2D eigenvalue weighted by Crippen LogP contribution is -2.45. The van der Waals surface area contributed by atoms with Crippen molar-refractivity contribution in [2.24, 2.45) is 5.92 Å². The molecule has 3 rings (SSSR count). The van der Waals surface area contributed by atoms with E-state index in [0.717, 1.165) is 11.3 Å². The van der Waals surface area contributed by atoms with E-state index in [1.165, 1.54) is 30.7 Å². The van der Waals surface area contributed by atoms with Gasteiger partial charge in [0.15, 0.2) is 11.5 Å². The minimum absolute atomic E-state index is 0.0620. The third-order valence-electron chi connectivity index (χ3n) is 5.68. The molecule has 0 aromatic heterocycles. The SMILES string of the molecule is COc1ccc(CN(C)C(=O)[C@H]2CCCN(S(=O)(=O)c3ccc(OC)c(OC)c3)C2)cc1. The van der Waals surface area contributed by atoms with E-state index < -0.39 is 10.0 Å². The molecule has 1 aliphatic rings. The van der Waals surface area contributed by atoms with Crippen LogP contribution in [0.15, 0.2) is 47.4 Å². The zero-order valence-corrected chi connectivity index (χ0v) is 19.7. The van der Waals surface area contributed by atoms with E-state index in [1.807, 2.05) is 24.3 Å². The lowest BCUT2D eigenvalue weighted by Gasteiger charge is -2.33. The summed E-state index contributed by atoms with van der Waals surface area (Å²) in [4.78, 5) is 14.8. The summed E-state index contributed by atoms with van der Waals surface area (Å²) in [5, 5.41) is 0. The molecular formula is C23H30N2O6S. The first-order valence-corrected chi connectivity index (χ1v) is 11.8. The Balaban J connectivity index is 1.71. The number of hydrogen-bond acceptors (Lipinski definition) is 6. The van der Waals surface area contributed by atoms with Gasteiger partial charge in [0.2, 0.25) is 15.9 Å². The number of rotatable bonds is 8. The maximum atomic E-state index is 13.2. The average molecular weight is 463 g/mol. The van der Waals surface area contributed by atoms with Crippen molar-refractivity contribution in [2.75, 3.05) is 41.5 Å². The molecule has 0 N–H and O–H groups in total. The third-order valence-corrected chi connectivity index (χ3v) is 7.54. The lowest BCUT2D eigenvalue weighted by atomic mass is 9.98. The van der Waals surface area contributed by atoms with Crippen LogP contribution in [0.1, 0.15) is 18.4 Å². The Hall–Kier alpha value is -2.78. The molecule has 32 heavy (non-hydrogen) atoms. The van der Waals surface area contributed by atoms with Gasteiger partial charge in [-0.3, -0.25) is 4.79 Å². The molecule has 1 atom stereocenters. The topological polar surface area (TPSA) is 85.4 Å². The number of sulfonamides is 1. The molecule has 0 radical (unpaired) electrons. The van der Waals surface area contributed by atoms with Gasteiger partial charge in [-0.05, 0) is 42.7 Å². The van der Waals surface area contributed by atoms with Crippen LogP contribution in [-0.2, 0) is 21.4 Å². The molecule has 9 heteroatoms. The fourth-order valence-electron chi connectivity index (χ4n) is 3.88. The van der Waals surface area contributed by atoms with E-state index >= 15 is 0 Å². The fraction of sp³-hybridized carbons (Fsp3) is 0.435. The predicted octanol–water partition coefficient (Wildman–Crippen LogP) is 2.77. The number of ether oxygens (including phenoxy) is 3. The molecule has 0 unspecified atom stereocenters. The number of benzene rings is 2. The summed E-state index contributed by atoms with van der Waals surface area (Å²) in [6.07, 6.45) is 1.28. The van der Waals surface area contributed by atoms with Crippen LogP contribution in [0.5, 0.6) is 17.2 Å². The normalized spacial score (nSPS) is 16.9. The number of carbonyl (C=O) groups is 1. The summed E-state index contributed by atoms with van der Waals surface area (Å²) < 4.78 is 43.5. The Kier molecular flexibility index (Phi) is 7.63. The molecule has 0 saturated carbocycles. The molecule has 1 saturated heterocycles. The Bertz CT molecular complexity index is 1040. The summed E-state index contributed by atoms with van der Waals surface area (Å²) >= 11 is 0.